The van der Waals surface area contributed by atoms with Crippen LogP contribution in [0.4, 0.5) is 5.82 Å². The lowest BCUT2D eigenvalue weighted by molar-refractivity contribution is -0.121. The fourth-order valence-electron chi connectivity index (χ4n) is 3.09. The lowest BCUT2D eigenvalue weighted by atomic mass is 10.1. The highest BCUT2D eigenvalue weighted by molar-refractivity contribution is 5.82. The molecule has 2 aromatic heterocycles. The van der Waals surface area contributed by atoms with E-state index in [0.29, 0.717) is 5.82 Å². The maximum atomic E-state index is 12.3. The van der Waals surface area contributed by atoms with Crippen LogP contribution in [-0.4, -0.2) is 40.0 Å². The number of rotatable bonds is 4. The molecule has 0 unspecified atom stereocenters. The van der Waals surface area contributed by atoms with Gasteiger partial charge in [0.25, 0.3) is 0 Å². The van der Waals surface area contributed by atoms with Gasteiger partial charge in [-0.15, -0.1) is 0 Å². The number of carbonyl (C=O) groups is 1. The number of hydrogen-bond acceptors (Lipinski definition) is 5. The second kappa shape index (κ2) is 9.62. The van der Waals surface area contributed by atoms with Gasteiger partial charge in [0.1, 0.15) is 11.5 Å². The van der Waals surface area contributed by atoms with Gasteiger partial charge in [0.2, 0.25) is 5.91 Å². The van der Waals surface area contributed by atoms with Crippen LogP contribution in [0.1, 0.15) is 58.7 Å². The highest BCUT2D eigenvalue weighted by Gasteiger charge is 2.24. The van der Waals surface area contributed by atoms with E-state index in [1.165, 1.54) is 6.42 Å². The number of hydrogen-bond donors (Lipinski definition) is 1. The number of nitrogens with one attached hydrogen (secondary N) is 1. The Morgan fingerprint density at radius 1 is 1.18 bits per heavy atom. The van der Waals surface area contributed by atoms with E-state index in [2.05, 4.69) is 24.1 Å². The Balaban J connectivity index is 0.000000878. The predicted octanol–water partition coefficient (Wildman–Crippen LogP) is 3.79. The van der Waals surface area contributed by atoms with E-state index in [-0.39, 0.29) is 18.0 Å². The second-order valence-corrected chi connectivity index (χ2v) is 8.23. The zero-order valence-electron chi connectivity index (χ0n) is 18.0. The molecule has 2 aromatic rings. The third-order valence-electron chi connectivity index (χ3n) is 4.06. The molecular formula is C22H33N5O. The van der Waals surface area contributed by atoms with Crippen LogP contribution in [0.2, 0.25) is 0 Å². The molecule has 2 heterocycles. The lowest BCUT2D eigenvalue weighted by Crippen LogP contribution is -2.45. The first-order chi connectivity index (χ1) is 13.2. The summed E-state index contributed by atoms with van der Waals surface area (Å²) in [5.41, 5.74) is 2.75. The molecule has 1 N–H and O–H groups in total. The van der Waals surface area contributed by atoms with Gasteiger partial charge in [-0.25, -0.2) is 9.97 Å². The van der Waals surface area contributed by atoms with Gasteiger partial charge in [-0.3, -0.25) is 9.78 Å². The molecule has 28 heavy (non-hydrogen) atoms. The number of aromatic nitrogens is 3. The van der Waals surface area contributed by atoms with Crippen molar-refractivity contribution in [2.24, 2.45) is 0 Å². The van der Waals surface area contributed by atoms with Crippen molar-refractivity contribution >= 4 is 11.7 Å². The van der Waals surface area contributed by atoms with Crippen LogP contribution in [-0.2, 0) is 17.6 Å². The summed E-state index contributed by atoms with van der Waals surface area (Å²) in [6, 6.07) is 5.71. The van der Waals surface area contributed by atoms with E-state index in [0.717, 1.165) is 42.0 Å². The van der Waals surface area contributed by atoms with Crippen molar-refractivity contribution in [3.8, 4) is 11.5 Å². The highest BCUT2D eigenvalue weighted by Crippen LogP contribution is 2.30. The Bertz CT molecular complexity index is 784. The summed E-state index contributed by atoms with van der Waals surface area (Å²) in [5.74, 6) is 1.45. The third-order valence-corrected chi connectivity index (χ3v) is 4.06. The summed E-state index contributed by atoms with van der Waals surface area (Å²) in [7, 11) is 1.91. The number of amides is 1. The SMILES string of the molecule is CCC.CN(CC(=O)NC(C)(C)C)c1nc(-c2ccccn2)nc2c1CCC2. The van der Waals surface area contributed by atoms with Crippen LogP contribution >= 0.6 is 0 Å². The maximum Gasteiger partial charge on any atom is 0.239 e. The summed E-state index contributed by atoms with van der Waals surface area (Å²) in [6.45, 7) is 10.5. The average Bonchev–Trinajstić information content (AvgIpc) is 3.09. The average molecular weight is 384 g/mol. The van der Waals surface area contributed by atoms with E-state index in [1.807, 2.05) is 50.9 Å². The molecule has 6 nitrogen and oxygen atoms in total. The van der Waals surface area contributed by atoms with Crippen LogP contribution < -0.4 is 10.2 Å². The number of pyridine rings is 1. The minimum absolute atomic E-state index is 0.0141. The molecule has 0 saturated heterocycles. The minimum Gasteiger partial charge on any atom is -0.350 e. The summed E-state index contributed by atoms with van der Waals surface area (Å²) in [4.78, 5) is 28.0. The molecule has 1 amide bonds. The molecule has 1 aliphatic rings. The molecule has 0 fully saturated rings. The van der Waals surface area contributed by atoms with Crippen LogP contribution in [0.5, 0.6) is 0 Å². The first-order valence-corrected chi connectivity index (χ1v) is 10.1. The van der Waals surface area contributed by atoms with E-state index >= 15 is 0 Å². The van der Waals surface area contributed by atoms with Crippen LogP contribution in [0.15, 0.2) is 24.4 Å². The maximum absolute atomic E-state index is 12.3. The number of anilines is 1. The van der Waals surface area contributed by atoms with Gasteiger partial charge in [-0.1, -0.05) is 26.3 Å². The van der Waals surface area contributed by atoms with E-state index in [4.69, 9.17) is 9.97 Å². The molecule has 3 rings (SSSR count). The minimum atomic E-state index is -0.245. The molecule has 0 spiro atoms. The molecule has 0 aliphatic heterocycles. The normalized spacial score (nSPS) is 12.6. The van der Waals surface area contributed by atoms with Crippen LogP contribution in [0, 0.1) is 0 Å². The summed E-state index contributed by atoms with van der Waals surface area (Å²) >= 11 is 0. The topological polar surface area (TPSA) is 71.0 Å². The molecule has 152 valence electrons. The number of aryl methyl sites for hydroxylation is 1. The van der Waals surface area contributed by atoms with Crippen molar-refractivity contribution in [2.75, 3.05) is 18.5 Å². The lowest BCUT2D eigenvalue weighted by Gasteiger charge is -2.25. The predicted molar refractivity (Wildman–Crippen MR) is 114 cm³/mol. The molecule has 6 heteroatoms. The zero-order valence-corrected chi connectivity index (χ0v) is 18.0. The Labute approximate surface area is 168 Å². The van der Waals surface area contributed by atoms with Crippen molar-refractivity contribution in [3.05, 3.63) is 35.7 Å². The summed E-state index contributed by atoms with van der Waals surface area (Å²) in [5, 5.41) is 3.00. The van der Waals surface area contributed by atoms with Gasteiger partial charge >= 0.3 is 0 Å². The van der Waals surface area contributed by atoms with Gasteiger partial charge < -0.3 is 10.2 Å². The Morgan fingerprint density at radius 2 is 1.89 bits per heavy atom. The quantitative estimate of drug-likeness (QED) is 0.870. The number of fused-ring (bicyclic) bond motifs is 1. The van der Waals surface area contributed by atoms with E-state index in [9.17, 15) is 4.79 Å². The fraction of sp³-hybridized carbons (Fsp3) is 0.545. The van der Waals surface area contributed by atoms with Crippen LogP contribution in [0.3, 0.4) is 0 Å². The first kappa shape index (κ1) is 21.8. The van der Waals surface area contributed by atoms with Gasteiger partial charge in [-0.05, 0) is 52.2 Å². The number of carbonyl (C=O) groups excluding carboxylic acids is 1. The van der Waals surface area contributed by atoms with Gasteiger partial charge in [-0.2, -0.15) is 0 Å². The second-order valence-electron chi connectivity index (χ2n) is 8.23. The largest absolute Gasteiger partial charge is 0.350 e. The monoisotopic (exact) mass is 383 g/mol. The van der Waals surface area contributed by atoms with Crippen molar-refractivity contribution in [1.29, 1.82) is 0 Å². The Kier molecular flexibility index (Phi) is 7.49. The van der Waals surface area contributed by atoms with Gasteiger partial charge in [0.05, 0.1) is 6.54 Å². The highest BCUT2D eigenvalue weighted by atomic mass is 16.2. The van der Waals surface area contributed by atoms with Crippen molar-refractivity contribution in [2.45, 2.75) is 65.8 Å². The molecule has 0 bridgehead atoms. The molecular weight excluding hydrogens is 350 g/mol. The molecule has 0 radical (unpaired) electrons. The van der Waals surface area contributed by atoms with Gasteiger partial charge in [0, 0.05) is 30.0 Å². The molecule has 0 aromatic carbocycles. The zero-order chi connectivity index (χ0) is 20.7. The fourth-order valence-corrected chi connectivity index (χ4v) is 3.09. The Morgan fingerprint density at radius 3 is 2.50 bits per heavy atom. The Hall–Kier alpha value is -2.50. The van der Waals surface area contributed by atoms with Gasteiger partial charge in [0.15, 0.2) is 5.82 Å². The van der Waals surface area contributed by atoms with E-state index < -0.39 is 0 Å². The summed E-state index contributed by atoms with van der Waals surface area (Å²) < 4.78 is 0. The molecule has 0 atom stereocenters. The first-order valence-electron chi connectivity index (χ1n) is 10.1. The van der Waals surface area contributed by atoms with E-state index in [1.54, 1.807) is 6.20 Å². The summed E-state index contributed by atoms with van der Waals surface area (Å²) in [6.07, 6.45) is 5.97. The number of likely N-dealkylation sites (N-methyl/N-ethyl adjacent to an activating group) is 1. The van der Waals surface area contributed by atoms with Crippen molar-refractivity contribution in [1.82, 2.24) is 20.3 Å². The standard InChI is InChI=1S/C19H25N5O.C3H8/c1-19(2,3)23-16(25)12-24(4)18-13-8-7-10-14(13)21-17(22-18)15-9-5-6-11-20-15;1-3-2/h5-6,9,11H,7-8,10,12H2,1-4H3,(H,23,25);3H2,1-2H3. The molecule has 0 saturated carbocycles. The smallest absolute Gasteiger partial charge is 0.239 e. The van der Waals surface area contributed by atoms with Crippen molar-refractivity contribution in [3.63, 3.8) is 0 Å². The van der Waals surface area contributed by atoms with Crippen molar-refractivity contribution < 1.29 is 4.79 Å². The van der Waals surface area contributed by atoms with Crippen LogP contribution in [0.25, 0.3) is 11.5 Å². The molecule has 1 aliphatic carbocycles. The third kappa shape index (κ3) is 6.01. The number of nitrogens with zero attached hydrogens (tertiary/aromatic N) is 4.